The van der Waals surface area contributed by atoms with Crippen molar-refractivity contribution >= 4 is 23.0 Å². The fourth-order valence-corrected chi connectivity index (χ4v) is 2.73. The van der Waals surface area contributed by atoms with Crippen molar-refractivity contribution in [1.29, 1.82) is 0 Å². The van der Waals surface area contributed by atoms with Gasteiger partial charge in [-0.1, -0.05) is 36.4 Å². The van der Waals surface area contributed by atoms with E-state index in [1.807, 2.05) is 6.07 Å². The van der Waals surface area contributed by atoms with E-state index in [2.05, 4.69) is 81.0 Å². The Balaban J connectivity index is 1.95. The Kier molecular flexibility index (Phi) is 6.13. The lowest BCUT2D eigenvalue weighted by Gasteiger charge is -2.23. The molecule has 0 heterocycles. The Hall–Kier alpha value is -1.91. The van der Waals surface area contributed by atoms with Crippen LogP contribution in [0.15, 0.2) is 48.5 Å². The quantitative estimate of drug-likeness (QED) is 0.737. The summed E-state index contributed by atoms with van der Waals surface area (Å²) in [5.74, 6) is 0. The summed E-state index contributed by atoms with van der Waals surface area (Å²) in [7, 11) is 4.33. The number of likely N-dealkylation sites (N-methyl/N-ethyl adjacent to an activating group) is 1. The molecular weight excluding hydrogens is 302 g/mol. The molecule has 0 saturated heterocycles. The van der Waals surface area contributed by atoms with Crippen LogP contribution in [0.2, 0.25) is 0 Å². The number of rotatable bonds is 5. The van der Waals surface area contributed by atoms with E-state index in [-0.39, 0.29) is 0 Å². The molecule has 0 aliphatic rings. The second-order valence-corrected chi connectivity index (χ2v) is 6.58. The first-order valence-corrected chi connectivity index (χ1v) is 8.35. The fraction of sp³-hybridized carbons (Fsp3) is 0.316. The predicted octanol–water partition coefficient (Wildman–Crippen LogP) is 2.48. The number of thiocarbonyl (C=S) groups is 1. The second-order valence-electron chi connectivity index (χ2n) is 6.17. The third-order valence-corrected chi connectivity index (χ3v) is 4.38. The van der Waals surface area contributed by atoms with Crippen molar-refractivity contribution in [2.24, 2.45) is 0 Å². The zero-order chi connectivity index (χ0) is 16.8. The molecular formula is C19H26N3S+. The summed E-state index contributed by atoms with van der Waals surface area (Å²) in [4.78, 5) is 1.37. The van der Waals surface area contributed by atoms with Crippen molar-refractivity contribution < 1.29 is 4.90 Å². The average Bonchev–Trinajstić information content (AvgIpc) is 2.52. The van der Waals surface area contributed by atoms with Crippen LogP contribution in [0.25, 0.3) is 0 Å². The Labute approximate surface area is 144 Å². The van der Waals surface area contributed by atoms with Crippen LogP contribution >= 0.6 is 12.2 Å². The Bertz CT molecular complexity index is 653. The van der Waals surface area contributed by atoms with E-state index in [4.69, 9.17) is 12.2 Å². The number of anilines is 1. The molecule has 0 saturated carbocycles. The van der Waals surface area contributed by atoms with Crippen LogP contribution in [-0.2, 0) is 0 Å². The van der Waals surface area contributed by atoms with Crippen LogP contribution in [-0.4, -0.2) is 25.8 Å². The SMILES string of the molecule is Cc1ccc(NC(=S)NC[C@H](c2ccccc2)[NH+](C)C)cc1C. The zero-order valence-electron chi connectivity index (χ0n) is 14.3. The van der Waals surface area contributed by atoms with E-state index in [1.165, 1.54) is 21.6 Å². The molecule has 0 amide bonds. The van der Waals surface area contributed by atoms with Gasteiger partial charge in [0.15, 0.2) is 5.11 Å². The normalized spacial score (nSPS) is 12.0. The van der Waals surface area contributed by atoms with Gasteiger partial charge in [0.05, 0.1) is 20.6 Å². The summed E-state index contributed by atoms with van der Waals surface area (Å²) in [6.07, 6.45) is 0. The number of nitrogens with one attached hydrogen (secondary N) is 3. The van der Waals surface area contributed by atoms with Crippen LogP contribution in [0.3, 0.4) is 0 Å². The largest absolute Gasteiger partial charge is 0.356 e. The highest BCUT2D eigenvalue weighted by Gasteiger charge is 2.17. The van der Waals surface area contributed by atoms with Gasteiger partial charge in [-0.25, -0.2) is 0 Å². The summed E-state index contributed by atoms with van der Waals surface area (Å²) < 4.78 is 0. The monoisotopic (exact) mass is 328 g/mol. The molecule has 0 spiro atoms. The maximum atomic E-state index is 5.44. The zero-order valence-corrected chi connectivity index (χ0v) is 15.1. The van der Waals surface area contributed by atoms with Gasteiger partial charge in [-0.05, 0) is 49.3 Å². The third kappa shape index (κ3) is 5.05. The maximum Gasteiger partial charge on any atom is 0.171 e. The van der Waals surface area contributed by atoms with Gasteiger partial charge in [-0.2, -0.15) is 0 Å². The highest BCUT2D eigenvalue weighted by atomic mass is 32.1. The maximum absolute atomic E-state index is 5.44. The van der Waals surface area contributed by atoms with Crippen LogP contribution < -0.4 is 15.5 Å². The minimum atomic E-state index is 0.357. The summed E-state index contributed by atoms with van der Waals surface area (Å²) in [5, 5.41) is 7.27. The summed E-state index contributed by atoms with van der Waals surface area (Å²) >= 11 is 5.44. The van der Waals surface area contributed by atoms with Gasteiger partial charge in [-0.15, -0.1) is 0 Å². The van der Waals surface area contributed by atoms with E-state index in [0.717, 1.165) is 12.2 Å². The standard InChI is InChI=1S/C19H25N3S/c1-14-10-11-17(12-15(14)2)21-19(23)20-13-18(22(3)4)16-8-6-5-7-9-16/h5-12,18H,13H2,1-4H3,(H2,20,21,23)/p+1/t18-/m1/s1. The summed E-state index contributed by atoms with van der Waals surface area (Å²) in [6.45, 7) is 5.01. The molecule has 122 valence electrons. The predicted molar refractivity (Wildman–Crippen MR) is 102 cm³/mol. The molecule has 0 fully saturated rings. The van der Waals surface area contributed by atoms with Crippen LogP contribution in [0.5, 0.6) is 0 Å². The molecule has 1 atom stereocenters. The van der Waals surface area contributed by atoms with Gasteiger partial charge in [0, 0.05) is 11.3 Å². The lowest BCUT2D eigenvalue weighted by molar-refractivity contribution is -0.890. The first-order chi connectivity index (χ1) is 11.0. The molecule has 0 radical (unpaired) electrons. The summed E-state index contributed by atoms with van der Waals surface area (Å²) in [6, 6.07) is 17.2. The first-order valence-electron chi connectivity index (χ1n) is 7.94. The van der Waals surface area contributed by atoms with Crippen molar-refractivity contribution in [2.45, 2.75) is 19.9 Å². The Morgan fingerprint density at radius 2 is 1.74 bits per heavy atom. The average molecular weight is 329 g/mol. The molecule has 0 unspecified atom stereocenters. The van der Waals surface area contributed by atoms with Crippen molar-refractivity contribution in [3.63, 3.8) is 0 Å². The van der Waals surface area contributed by atoms with E-state index >= 15 is 0 Å². The number of hydrogen-bond donors (Lipinski definition) is 3. The van der Waals surface area contributed by atoms with Gasteiger partial charge in [0.25, 0.3) is 0 Å². The second kappa shape index (κ2) is 8.09. The highest BCUT2D eigenvalue weighted by Crippen LogP contribution is 2.14. The molecule has 0 bridgehead atoms. The molecule has 0 aliphatic carbocycles. The van der Waals surface area contributed by atoms with Crippen LogP contribution in [0.1, 0.15) is 22.7 Å². The van der Waals surface area contributed by atoms with Gasteiger partial charge in [0.2, 0.25) is 0 Å². The van der Waals surface area contributed by atoms with Crippen molar-refractivity contribution in [3.05, 3.63) is 65.2 Å². The van der Waals surface area contributed by atoms with Crippen LogP contribution in [0.4, 0.5) is 5.69 Å². The molecule has 3 N–H and O–H groups in total. The van der Waals surface area contributed by atoms with E-state index < -0.39 is 0 Å². The van der Waals surface area contributed by atoms with Gasteiger partial charge in [-0.3, -0.25) is 0 Å². The molecule has 0 aliphatic heterocycles. The Morgan fingerprint density at radius 3 is 2.35 bits per heavy atom. The summed E-state index contributed by atoms with van der Waals surface area (Å²) in [5.41, 5.74) is 4.89. The minimum absolute atomic E-state index is 0.357. The van der Waals surface area contributed by atoms with E-state index in [0.29, 0.717) is 11.2 Å². The van der Waals surface area contributed by atoms with Gasteiger partial charge >= 0.3 is 0 Å². The molecule has 0 aromatic heterocycles. The molecule has 4 heteroatoms. The third-order valence-electron chi connectivity index (χ3n) is 4.13. The van der Waals surface area contributed by atoms with Gasteiger partial charge < -0.3 is 15.5 Å². The molecule has 23 heavy (non-hydrogen) atoms. The topological polar surface area (TPSA) is 28.5 Å². The molecule has 3 nitrogen and oxygen atoms in total. The van der Waals surface area contributed by atoms with Gasteiger partial charge in [0.1, 0.15) is 6.04 Å². The number of aryl methyl sites for hydroxylation is 2. The lowest BCUT2D eigenvalue weighted by Crippen LogP contribution is -3.07. The molecule has 2 aromatic carbocycles. The van der Waals surface area contributed by atoms with Crippen LogP contribution in [0, 0.1) is 13.8 Å². The number of quaternary nitrogens is 1. The molecule has 2 aromatic rings. The number of benzene rings is 2. The lowest BCUT2D eigenvalue weighted by atomic mass is 10.1. The van der Waals surface area contributed by atoms with Crippen molar-refractivity contribution in [3.8, 4) is 0 Å². The van der Waals surface area contributed by atoms with Crippen molar-refractivity contribution in [1.82, 2.24) is 5.32 Å². The fourth-order valence-electron chi connectivity index (χ4n) is 2.53. The number of hydrogen-bond acceptors (Lipinski definition) is 1. The van der Waals surface area contributed by atoms with E-state index in [9.17, 15) is 0 Å². The first kappa shape index (κ1) is 17.4. The minimum Gasteiger partial charge on any atom is -0.356 e. The molecule has 2 rings (SSSR count). The smallest absolute Gasteiger partial charge is 0.171 e. The Morgan fingerprint density at radius 1 is 1.04 bits per heavy atom. The van der Waals surface area contributed by atoms with E-state index in [1.54, 1.807) is 0 Å². The highest BCUT2D eigenvalue weighted by molar-refractivity contribution is 7.80. The van der Waals surface area contributed by atoms with Crippen molar-refractivity contribution in [2.75, 3.05) is 26.0 Å².